The van der Waals surface area contributed by atoms with E-state index in [1.165, 1.54) is 7.11 Å². The Morgan fingerprint density at radius 2 is 1.80 bits per heavy atom. The van der Waals surface area contributed by atoms with Crippen LogP contribution in [0.1, 0.15) is 67.7 Å². The molecular formula is C26H48N2O7. The van der Waals surface area contributed by atoms with Gasteiger partial charge in [-0.25, -0.2) is 9.59 Å². The number of amides is 1. The zero-order chi connectivity index (χ0) is 26.6. The molecule has 1 saturated carbocycles. The van der Waals surface area contributed by atoms with Crippen LogP contribution in [0.4, 0.5) is 4.79 Å². The van der Waals surface area contributed by atoms with Gasteiger partial charge in [-0.05, 0) is 58.3 Å². The topological polar surface area (TPSA) is 86.8 Å². The first kappa shape index (κ1) is 29.8. The van der Waals surface area contributed by atoms with Gasteiger partial charge in [0.1, 0.15) is 11.1 Å². The number of morpholine rings is 1. The minimum Gasteiger partial charge on any atom is -0.467 e. The summed E-state index contributed by atoms with van der Waals surface area (Å²) >= 11 is 0. The van der Waals surface area contributed by atoms with Crippen molar-refractivity contribution < 1.29 is 33.4 Å². The standard InChI is InChI=1S/C26H48N2O7/c1-18(2)21-12-11-19(3)13-26(21)17-33-16-25(15-31-9,28(26)35-20(4)22(29)32-10)14-27(8)23(30)34-24(5,6)7/h18-21H,11-17H2,1-10H3/t19-,20?,21+,25-,26?/m1/s1. The summed E-state index contributed by atoms with van der Waals surface area (Å²) in [4.78, 5) is 33.5. The molecule has 1 spiro atoms. The molecule has 1 amide bonds. The number of ether oxygens (including phenoxy) is 4. The number of carbonyl (C=O) groups excluding carboxylic acids is 2. The Morgan fingerprint density at radius 3 is 2.34 bits per heavy atom. The number of esters is 1. The van der Waals surface area contributed by atoms with E-state index in [9.17, 15) is 9.59 Å². The van der Waals surface area contributed by atoms with Crippen LogP contribution in [0.2, 0.25) is 0 Å². The van der Waals surface area contributed by atoms with Gasteiger partial charge in [-0.15, -0.1) is 0 Å². The van der Waals surface area contributed by atoms with E-state index >= 15 is 0 Å². The first-order valence-corrected chi connectivity index (χ1v) is 12.8. The zero-order valence-corrected chi connectivity index (χ0v) is 23.5. The summed E-state index contributed by atoms with van der Waals surface area (Å²) < 4.78 is 22.7. The van der Waals surface area contributed by atoms with Crippen LogP contribution >= 0.6 is 0 Å². The second-order valence-corrected chi connectivity index (χ2v) is 11.9. The Hall–Kier alpha value is -1.42. The molecule has 0 aromatic carbocycles. The van der Waals surface area contributed by atoms with Crippen molar-refractivity contribution in [3.05, 3.63) is 0 Å². The van der Waals surface area contributed by atoms with Gasteiger partial charge < -0.3 is 23.8 Å². The minimum absolute atomic E-state index is 0.241. The first-order valence-electron chi connectivity index (χ1n) is 12.8. The van der Waals surface area contributed by atoms with Crippen LogP contribution in [-0.2, 0) is 28.6 Å². The third-order valence-corrected chi connectivity index (χ3v) is 7.17. The molecular weight excluding hydrogens is 452 g/mol. The van der Waals surface area contributed by atoms with Crippen LogP contribution < -0.4 is 0 Å². The number of nitrogens with zero attached hydrogens (tertiary/aromatic N) is 2. The fourth-order valence-electron chi connectivity index (χ4n) is 5.90. The van der Waals surface area contributed by atoms with Crippen LogP contribution in [0.5, 0.6) is 0 Å². The van der Waals surface area contributed by atoms with E-state index in [-0.39, 0.29) is 25.7 Å². The van der Waals surface area contributed by atoms with Crippen molar-refractivity contribution in [1.82, 2.24) is 9.96 Å². The number of hydroxylamine groups is 2. The lowest BCUT2D eigenvalue weighted by Crippen LogP contribution is -2.76. The number of hydrogen-bond acceptors (Lipinski definition) is 8. The maximum absolute atomic E-state index is 12.9. The predicted molar refractivity (Wildman–Crippen MR) is 133 cm³/mol. The Balaban J connectivity index is 2.58. The van der Waals surface area contributed by atoms with Gasteiger partial charge >= 0.3 is 12.1 Å². The number of likely N-dealkylation sites (N-methyl/N-ethyl adjacent to an activating group) is 1. The largest absolute Gasteiger partial charge is 0.467 e. The molecule has 0 bridgehead atoms. The number of hydrogen-bond donors (Lipinski definition) is 0. The Kier molecular flexibility index (Phi) is 10.0. The third kappa shape index (κ3) is 6.87. The molecule has 0 aromatic rings. The molecule has 2 fully saturated rings. The Morgan fingerprint density at radius 1 is 1.14 bits per heavy atom. The Labute approximate surface area is 211 Å². The summed E-state index contributed by atoms with van der Waals surface area (Å²) in [5.74, 6) is 0.637. The van der Waals surface area contributed by atoms with Crippen molar-refractivity contribution in [3.63, 3.8) is 0 Å². The molecule has 0 N–H and O–H groups in total. The molecule has 2 unspecified atom stereocenters. The van der Waals surface area contributed by atoms with Crippen molar-refractivity contribution in [2.24, 2.45) is 17.8 Å². The molecule has 1 aliphatic carbocycles. The zero-order valence-electron chi connectivity index (χ0n) is 23.5. The summed E-state index contributed by atoms with van der Waals surface area (Å²) in [6.07, 6.45) is 1.74. The van der Waals surface area contributed by atoms with Crippen molar-refractivity contribution >= 4 is 12.1 Å². The molecule has 1 aliphatic heterocycles. The lowest BCUT2D eigenvalue weighted by Gasteiger charge is -2.62. The van der Waals surface area contributed by atoms with Gasteiger partial charge in [0, 0.05) is 20.7 Å². The average molecular weight is 501 g/mol. The quantitative estimate of drug-likeness (QED) is 0.464. The van der Waals surface area contributed by atoms with Gasteiger partial charge in [-0.1, -0.05) is 27.2 Å². The van der Waals surface area contributed by atoms with Crippen molar-refractivity contribution in [1.29, 1.82) is 0 Å². The normalized spacial score (nSPS) is 30.8. The summed E-state index contributed by atoms with van der Waals surface area (Å²) in [5.41, 5.74) is -1.97. The van der Waals surface area contributed by atoms with E-state index < -0.39 is 34.8 Å². The maximum Gasteiger partial charge on any atom is 0.410 e. The molecule has 0 radical (unpaired) electrons. The van der Waals surface area contributed by atoms with Crippen molar-refractivity contribution in [2.45, 2.75) is 90.5 Å². The lowest BCUT2D eigenvalue weighted by atomic mass is 9.63. The summed E-state index contributed by atoms with van der Waals surface area (Å²) in [5, 5.41) is 1.98. The second kappa shape index (κ2) is 11.8. The van der Waals surface area contributed by atoms with Gasteiger partial charge in [-0.3, -0.25) is 4.84 Å². The molecule has 204 valence electrons. The predicted octanol–water partition coefficient (Wildman–Crippen LogP) is 3.89. The summed E-state index contributed by atoms with van der Waals surface area (Å²) in [6, 6.07) is 0. The molecule has 0 aromatic heterocycles. The van der Waals surface area contributed by atoms with Crippen molar-refractivity contribution in [2.75, 3.05) is 47.6 Å². The lowest BCUT2D eigenvalue weighted by molar-refractivity contribution is -0.364. The van der Waals surface area contributed by atoms with Crippen LogP contribution in [0.3, 0.4) is 0 Å². The monoisotopic (exact) mass is 500 g/mol. The van der Waals surface area contributed by atoms with E-state index in [4.69, 9.17) is 23.8 Å². The molecule has 1 saturated heterocycles. The van der Waals surface area contributed by atoms with Crippen molar-refractivity contribution in [3.8, 4) is 0 Å². The molecule has 2 rings (SSSR count). The van der Waals surface area contributed by atoms with E-state index in [1.54, 1.807) is 26.0 Å². The number of carbonyl (C=O) groups is 2. The molecule has 2 aliphatic rings. The highest BCUT2D eigenvalue weighted by atomic mass is 16.7. The van der Waals surface area contributed by atoms with E-state index in [0.29, 0.717) is 18.4 Å². The SMILES string of the molecule is COC[C@]1(CN(C)C(=O)OC(C)(C)C)COCC2(C[C@H](C)CC[C@H]2C(C)C)N1OC(C)C(=O)OC. The van der Waals surface area contributed by atoms with Gasteiger partial charge in [-0.2, -0.15) is 5.06 Å². The molecule has 5 atom stereocenters. The summed E-state index contributed by atoms with van der Waals surface area (Å²) in [6.45, 7) is 15.2. The van der Waals surface area contributed by atoms with Crippen LogP contribution in [0, 0.1) is 17.8 Å². The van der Waals surface area contributed by atoms with Crippen LogP contribution in [-0.4, -0.2) is 92.4 Å². The highest BCUT2D eigenvalue weighted by Crippen LogP contribution is 2.50. The highest BCUT2D eigenvalue weighted by Gasteiger charge is 2.60. The highest BCUT2D eigenvalue weighted by molar-refractivity contribution is 5.73. The Bertz CT molecular complexity index is 721. The maximum atomic E-state index is 12.9. The molecule has 9 nitrogen and oxygen atoms in total. The molecule has 35 heavy (non-hydrogen) atoms. The number of rotatable bonds is 8. The van der Waals surface area contributed by atoms with Gasteiger partial charge in [0.2, 0.25) is 0 Å². The molecule has 1 heterocycles. The minimum atomic E-state index is -0.856. The first-order chi connectivity index (χ1) is 16.2. The van der Waals surface area contributed by atoms with E-state index in [0.717, 1.165) is 19.3 Å². The fourth-order valence-corrected chi connectivity index (χ4v) is 5.90. The van der Waals surface area contributed by atoms with Gasteiger partial charge in [0.15, 0.2) is 6.10 Å². The fraction of sp³-hybridized carbons (Fsp3) is 0.923. The smallest absolute Gasteiger partial charge is 0.410 e. The molecule has 9 heteroatoms. The van der Waals surface area contributed by atoms with E-state index in [2.05, 4.69) is 20.8 Å². The second-order valence-electron chi connectivity index (χ2n) is 11.9. The summed E-state index contributed by atoms with van der Waals surface area (Å²) in [7, 11) is 4.69. The van der Waals surface area contributed by atoms with Crippen LogP contribution in [0.25, 0.3) is 0 Å². The van der Waals surface area contributed by atoms with Gasteiger partial charge in [0.05, 0.1) is 32.5 Å². The van der Waals surface area contributed by atoms with Crippen LogP contribution in [0.15, 0.2) is 0 Å². The third-order valence-electron chi connectivity index (χ3n) is 7.17. The van der Waals surface area contributed by atoms with E-state index in [1.807, 2.05) is 25.8 Å². The van der Waals surface area contributed by atoms with Gasteiger partial charge in [0.25, 0.3) is 0 Å². The number of methoxy groups -OCH3 is 2. The average Bonchev–Trinajstić information content (AvgIpc) is 2.74.